The van der Waals surface area contributed by atoms with Crippen molar-refractivity contribution in [3.63, 3.8) is 0 Å². The van der Waals surface area contributed by atoms with E-state index in [1.54, 1.807) is 7.11 Å². The third-order valence-electron chi connectivity index (χ3n) is 3.70. The molecule has 0 heterocycles. The Bertz CT molecular complexity index is 372. The summed E-state index contributed by atoms with van der Waals surface area (Å²) >= 11 is 6.29. The SMILES string of the molecule is COc1ccc(Cl)c(C2(CN)CCCC2)c1. The van der Waals surface area contributed by atoms with E-state index in [0.29, 0.717) is 6.54 Å². The number of hydrogen-bond donors (Lipinski definition) is 1. The van der Waals surface area contributed by atoms with Crippen molar-refractivity contribution >= 4 is 11.6 Å². The lowest BCUT2D eigenvalue weighted by molar-refractivity contribution is 0.407. The van der Waals surface area contributed by atoms with Crippen molar-refractivity contribution in [2.75, 3.05) is 13.7 Å². The summed E-state index contributed by atoms with van der Waals surface area (Å²) in [5, 5.41) is 0.813. The molecule has 88 valence electrons. The molecule has 1 aromatic carbocycles. The van der Waals surface area contributed by atoms with Gasteiger partial charge in [-0.2, -0.15) is 0 Å². The molecule has 1 saturated carbocycles. The Hall–Kier alpha value is -0.730. The van der Waals surface area contributed by atoms with Crippen LogP contribution in [-0.4, -0.2) is 13.7 Å². The number of halogens is 1. The first kappa shape index (κ1) is 11.7. The van der Waals surface area contributed by atoms with Crippen LogP contribution in [0.25, 0.3) is 0 Å². The van der Waals surface area contributed by atoms with Crippen LogP contribution in [0, 0.1) is 0 Å². The van der Waals surface area contributed by atoms with Gasteiger partial charge in [0, 0.05) is 17.0 Å². The van der Waals surface area contributed by atoms with Gasteiger partial charge in [-0.1, -0.05) is 24.4 Å². The third-order valence-corrected chi connectivity index (χ3v) is 4.03. The molecule has 2 N–H and O–H groups in total. The van der Waals surface area contributed by atoms with Crippen molar-refractivity contribution in [1.82, 2.24) is 0 Å². The summed E-state index contributed by atoms with van der Waals surface area (Å²) < 4.78 is 5.26. The highest BCUT2D eigenvalue weighted by Crippen LogP contribution is 2.44. The van der Waals surface area contributed by atoms with Crippen molar-refractivity contribution in [1.29, 1.82) is 0 Å². The van der Waals surface area contributed by atoms with Crippen LogP contribution in [0.5, 0.6) is 5.75 Å². The monoisotopic (exact) mass is 239 g/mol. The lowest BCUT2D eigenvalue weighted by atomic mass is 9.79. The first-order valence-corrected chi connectivity index (χ1v) is 6.14. The Morgan fingerprint density at radius 1 is 1.38 bits per heavy atom. The Morgan fingerprint density at radius 3 is 2.62 bits per heavy atom. The number of benzene rings is 1. The minimum atomic E-state index is 0.0750. The van der Waals surface area contributed by atoms with Gasteiger partial charge in [0.1, 0.15) is 5.75 Å². The second-order valence-electron chi connectivity index (χ2n) is 4.54. The van der Waals surface area contributed by atoms with Crippen LogP contribution in [0.1, 0.15) is 31.2 Å². The quantitative estimate of drug-likeness (QED) is 0.880. The smallest absolute Gasteiger partial charge is 0.119 e. The summed E-state index contributed by atoms with van der Waals surface area (Å²) in [5.41, 5.74) is 7.20. The summed E-state index contributed by atoms with van der Waals surface area (Å²) in [6.07, 6.45) is 4.75. The van der Waals surface area contributed by atoms with E-state index in [-0.39, 0.29) is 5.41 Å². The van der Waals surface area contributed by atoms with E-state index in [1.807, 2.05) is 18.2 Å². The largest absolute Gasteiger partial charge is 0.497 e. The average Bonchev–Trinajstić information content (AvgIpc) is 2.79. The molecule has 0 amide bonds. The maximum absolute atomic E-state index is 6.29. The van der Waals surface area contributed by atoms with Crippen LogP contribution in [0.2, 0.25) is 5.02 Å². The van der Waals surface area contributed by atoms with Crippen molar-refractivity contribution in [3.8, 4) is 5.75 Å². The van der Waals surface area contributed by atoms with Gasteiger partial charge in [0.15, 0.2) is 0 Å². The van der Waals surface area contributed by atoms with Crippen LogP contribution in [0.4, 0.5) is 0 Å². The van der Waals surface area contributed by atoms with Gasteiger partial charge in [-0.05, 0) is 36.6 Å². The van der Waals surface area contributed by atoms with Gasteiger partial charge in [-0.25, -0.2) is 0 Å². The fourth-order valence-corrected chi connectivity index (χ4v) is 2.99. The molecule has 0 bridgehead atoms. The predicted molar refractivity (Wildman–Crippen MR) is 67.2 cm³/mol. The molecular weight excluding hydrogens is 222 g/mol. The Balaban J connectivity index is 2.44. The number of rotatable bonds is 3. The Labute approximate surface area is 102 Å². The highest BCUT2D eigenvalue weighted by atomic mass is 35.5. The minimum absolute atomic E-state index is 0.0750. The molecule has 1 aliphatic carbocycles. The van der Waals surface area contributed by atoms with Crippen LogP contribution >= 0.6 is 11.6 Å². The number of methoxy groups -OCH3 is 1. The number of nitrogens with two attached hydrogens (primary N) is 1. The van der Waals surface area contributed by atoms with E-state index in [2.05, 4.69) is 0 Å². The molecule has 0 spiro atoms. The van der Waals surface area contributed by atoms with E-state index >= 15 is 0 Å². The van der Waals surface area contributed by atoms with Gasteiger partial charge in [0.25, 0.3) is 0 Å². The Kier molecular flexibility index (Phi) is 3.41. The minimum Gasteiger partial charge on any atom is -0.497 e. The number of hydrogen-bond acceptors (Lipinski definition) is 2. The molecule has 0 aliphatic heterocycles. The van der Waals surface area contributed by atoms with Crippen LogP contribution in [0.3, 0.4) is 0 Å². The van der Waals surface area contributed by atoms with E-state index in [0.717, 1.165) is 29.2 Å². The number of ether oxygens (including phenoxy) is 1. The zero-order valence-corrected chi connectivity index (χ0v) is 10.4. The topological polar surface area (TPSA) is 35.2 Å². The van der Waals surface area contributed by atoms with Gasteiger partial charge in [-0.15, -0.1) is 0 Å². The van der Waals surface area contributed by atoms with E-state index in [4.69, 9.17) is 22.1 Å². The first-order chi connectivity index (χ1) is 7.72. The summed E-state index contributed by atoms with van der Waals surface area (Å²) in [7, 11) is 1.68. The van der Waals surface area contributed by atoms with Gasteiger partial charge in [0.05, 0.1) is 7.11 Å². The first-order valence-electron chi connectivity index (χ1n) is 5.76. The molecule has 1 fully saturated rings. The van der Waals surface area contributed by atoms with Crippen molar-refractivity contribution < 1.29 is 4.74 Å². The standard InChI is InChI=1S/C13H18ClNO/c1-16-10-4-5-12(14)11(8-10)13(9-15)6-2-3-7-13/h4-5,8H,2-3,6-7,9,15H2,1H3. The van der Waals surface area contributed by atoms with Crippen LogP contribution < -0.4 is 10.5 Å². The summed E-state index contributed by atoms with van der Waals surface area (Å²) in [4.78, 5) is 0. The second-order valence-corrected chi connectivity index (χ2v) is 4.94. The highest BCUT2D eigenvalue weighted by molar-refractivity contribution is 6.31. The maximum Gasteiger partial charge on any atom is 0.119 e. The maximum atomic E-state index is 6.29. The fourth-order valence-electron chi connectivity index (χ4n) is 2.67. The highest BCUT2D eigenvalue weighted by Gasteiger charge is 2.36. The van der Waals surface area contributed by atoms with Crippen molar-refractivity contribution in [2.45, 2.75) is 31.1 Å². The third kappa shape index (κ3) is 1.92. The van der Waals surface area contributed by atoms with Gasteiger partial charge in [-0.3, -0.25) is 0 Å². The van der Waals surface area contributed by atoms with E-state index < -0.39 is 0 Å². The Morgan fingerprint density at radius 2 is 2.06 bits per heavy atom. The molecule has 0 aromatic heterocycles. The van der Waals surface area contributed by atoms with Crippen molar-refractivity contribution in [2.24, 2.45) is 5.73 Å². The molecular formula is C13H18ClNO. The summed E-state index contributed by atoms with van der Waals surface area (Å²) in [6.45, 7) is 0.667. The molecule has 16 heavy (non-hydrogen) atoms. The average molecular weight is 240 g/mol. The lowest BCUT2D eigenvalue weighted by Gasteiger charge is -2.29. The van der Waals surface area contributed by atoms with Crippen molar-refractivity contribution in [3.05, 3.63) is 28.8 Å². The molecule has 3 heteroatoms. The lowest BCUT2D eigenvalue weighted by Crippen LogP contribution is -2.32. The van der Waals surface area contributed by atoms with E-state index in [1.165, 1.54) is 12.8 Å². The molecule has 0 atom stereocenters. The fraction of sp³-hybridized carbons (Fsp3) is 0.538. The second kappa shape index (κ2) is 4.64. The summed E-state index contributed by atoms with van der Waals surface area (Å²) in [6, 6.07) is 5.84. The molecule has 0 saturated heterocycles. The zero-order chi connectivity index (χ0) is 11.6. The van der Waals surface area contributed by atoms with Gasteiger partial charge < -0.3 is 10.5 Å². The van der Waals surface area contributed by atoms with Crippen LogP contribution in [-0.2, 0) is 5.41 Å². The molecule has 0 radical (unpaired) electrons. The van der Waals surface area contributed by atoms with Gasteiger partial charge in [0.2, 0.25) is 0 Å². The molecule has 1 aliphatic rings. The molecule has 2 rings (SSSR count). The van der Waals surface area contributed by atoms with Gasteiger partial charge >= 0.3 is 0 Å². The normalized spacial score (nSPS) is 18.7. The van der Waals surface area contributed by atoms with E-state index in [9.17, 15) is 0 Å². The molecule has 2 nitrogen and oxygen atoms in total. The predicted octanol–water partition coefficient (Wildman–Crippen LogP) is 3.12. The molecule has 1 aromatic rings. The zero-order valence-electron chi connectivity index (χ0n) is 9.63. The molecule has 0 unspecified atom stereocenters. The summed E-state index contributed by atoms with van der Waals surface area (Å²) in [5.74, 6) is 0.860. The van der Waals surface area contributed by atoms with Crippen LogP contribution in [0.15, 0.2) is 18.2 Å².